The van der Waals surface area contributed by atoms with Crippen LogP contribution in [-0.4, -0.2) is 40.0 Å². The Kier molecular flexibility index (Phi) is 4.31. The smallest absolute Gasteiger partial charge is 0.249 e. The first-order valence-corrected chi connectivity index (χ1v) is 9.83. The van der Waals surface area contributed by atoms with Crippen LogP contribution in [0.25, 0.3) is 5.65 Å². The first kappa shape index (κ1) is 17.8. The Bertz CT molecular complexity index is 1160. The molecule has 1 aliphatic heterocycles. The molecule has 1 aliphatic rings. The average Bonchev–Trinajstić information content (AvgIpc) is 3.24. The summed E-state index contributed by atoms with van der Waals surface area (Å²) in [5, 5.41) is 4.10. The van der Waals surface area contributed by atoms with Crippen molar-refractivity contribution in [2.24, 2.45) is 0 Å². The highest BCUT2D eigenvalue weighted by Crippen LogP contribution is 2.20. The predicted octanol–water partition coefficient (Wildman–Crippen LogP) is 1.61. The zero-order valence-corrected chi connectivity index (χ0v) is 15.0. The number of sulfonamides is 1. The van der Waals surface area contributed by atoms with Crippen molar-refractivity contribution in [1.29, 1.82) is 0 Å². The highest BCUT2D eigenvalue weighted by Gasteiger charge is 2.27. The summed E-state index contributed by atoms with van der Waals surface area (Å²) in [7, 11) is -3.67. The van der Waals surface area contributed by atoms with Crippen molar-refractivity contribution in [2.75, 3.05) is 13.1 Å². The van der Waals surface area contributed by atoms with Gasteiger partial charge in [0.05, 0.1) is 11.4 Å². The lowest BCUT2D eigenvalue weighted by atomic mass is 10.2. The third kappa shape index (κ3) is 3.26. The standard InChI is InChI=1S/C17H16F2N4O3S/c18-13-7-12(8-14(19)9-13)10-23-17(24)22-11-15(3-4-16(22)20-23)27(25,26)21-5-1-2-6-21/h3-4,7-9,11H,1-2,5-6,10H2. The van der Waals surface area contributed by atoms with Crippen LogP contribution in [0.4, 0.5) is 8.78 Å². The van der Waals surface area contributed by atoms with Gasteiger partial charge in [0.25, 0.3) is 0 Å². The zero-order chi connectivity index (χ0) is 19.2. The Morgan fingerprint density at radius 2 is 1.70 bits per heavy atom. The summed E-state index contributed by atoms with van der Waals surface area (Å²) in [6, 6.07) is 5.81. The van der Waals surface area contributed by atoms with Gasteiger partial charge >= 0.3 is 5.69 Å². The first-order chi connectivity index (χ1) is 12.8. The van der Waals surface area contributed by atoms with Crippen LogP contribution in [-0.2, 0) is 16.6 Å². The van der Waals surface area contributed by atoms with Crippen molar-refractivity contribution >= 4 is 15.7 Å². The van der Waals surface area contributed by atoms with E-state index in [2.05, 4.69) is 5.10 Å². The van der Waals surface area contributed by atoms with Gasteiger partial charge in [-0.1, -0.05) is 0 Å². The lowest BCUT2D eigenvalue weighted by molar-refractivity contribution is 0.477. The molecule has 2 aromatic heterocycles. The van der Waals surface area contributed by atoms with Gasteiger partial charge in [0.2, 0.25) is 10.0 Å². The molecule has 3 aromatic rings. The maximum Gasteiger partial charge on any atom is 0.350 e. The van der Waals surface area contributed by atoms with Crippen LogP contribution in [0, 0.1) is 11.6 Å². The predicted molar refractivity (Wildman–Crippen MR) is 92.9 cm³/mol. The van der Waals surface area contributed by atoms with E-state index in [-0.39, 0.29) is 22.7 Å². The minimum Gasteiger partial charge on any atom is -0.249 e. The Morgan fingerprint density at radius 1 is 1.04 bits per heavy atom. The van der Waals surface area contributed by atoms with Gasteiger partial charge in [-0.2, -0.15) is 4.31 Å². The van der Waals surface area contributed by atoms with E-state index < -0.39 is 27.3 Å². The van der Waals surface area contributed by atoms with Gasteiger partial charge in [-0.15, -0.1) is 5.10 Å². The number of hydrogen-bond donors (Lipinski definition) is 0. The molecule has 0 atom stereocenters. The van der Waals surface area contributed by atoms with Crippen molar-refractivity contribution < 1.29 is 17.2 Å². The van der Waals surface area contributed by atoms with E-state index in [1.165, 1.54) is 22.6 Å². The molecule has 0 spiro atoms. The summed E-state index contributed by atoms with van der Waals surface area (Å²) in [4.78, 5) is 12.6. The lowest BCUT2D eigenvalue weighted by Crippen LogP contribution is -2.28. The fraction of sp³-hybridized carbons (Fsp3) is 0.294. The number of hydrogen-bond acceptors (Lipinski definition) is 4. The van der Waals surface area contributed by atoms with Gasteiger partial charge in [0, 0.05) is 25.4 Å². The molecular weight excluding hydrogens is 378 g/mol. The summed E-state index contributed by atoms with van der Waals surface area (Å²) in [6.45, 7) is 0.780. The van der Waals surface area contributed by atoms with E-state index in [9.17, 15) is 22.0 Å². The molecule has 3 heterocycles. The molecule has 0 aliphatic carbocycles. The quantitative estimate of drug-likeness (QED) is 0.674. The van der Waals surface area contributed by atoms with Crippen LogP contribution >= 0.6 is 0 Å². The number of rotatable bonds is 4. The normalized spacial score (nSPS) is 15.6. The molecule has 142 valence electrons. The number of nitrogens with zero attached hydrogens (tertiary/aromatic N) is 4. The van der Waals surface area contributed by atoms with Gasteiger partial charge in [-0.05, 0) is 42.7 Å². The molecule has 0 unspecified atom stereocenters. The Hall–Kier alpha value is -2.59. The minimum absolute atomic E-state index is 0.00958. The van der Waals surface area contributed by atoms with Gasteiger partial charge < -0.3 is 0 Å². The third-order valence-corrected chi connectivity index (χ3v) is 6.39. The van der Waals surface area contributed by atoms with Crippen LogP contribution in [0.1, 0.15) is 18.4 Å². The van der Waals surface area contributed by atoms with Gasteiger partial charge in [0.1, 0.15) is 11.6 Å². The molecule has 1 saturated heterocycles. The fourth-order valence-electron chi connectivity index (χ4n) is 3.21. The van der Waals surface area contributed by atoms with E-state index >= 15 is 0 Å². The summed E-state index contributed by atoms with van der Waals surface area (Å²) >= 11 is 0. The summed E-state index contributed by atoms with van der Waals surface area (Å²) < 4.78 is 55.6. The molecule has 7 nitrogen and oxygen atoms in total. The summed E-state index contributed by atoms with van der Waals surface area (Å²) in [5.74, 6) is -1.50. The maximum absolute atomic E-state index is 13.3. The molecule has 1 aromatic carbocycles. The molecule has 1 fully saturated rings. The van der Waals surface area contributed by atoms with Gasteiger partial charge in [0.15, 0.2) is 5.65 Å². The van der Waals surface area contributed by atoms with Crippen LogP contribution < -0.4 is 5.69 Å². The Labute approximate surface area is 153 Å². The highest BCUT2D eigenvalue weighted by molar-refractivity contribution is 7.89. The zero-order valence-electron chi connectivity index (χ0n) is 14.2. The maximum atomic E-state index is 13.3. The van der Waals surface area contributed by atoms with Crippen LogP contribution in [0.2, 0.25) is 0 Å². The largest absolute Gasteiger partial charge is 0.350 e. The van der Waals surface area contributed by atoms with Crippen LogP contribution in [0.15, 0.2) is 46.2 Å². The van der Waals surface area contributed by atoms with Crippen LogP contribution in [0.5, 0.6) is 0 Å². The second-order valence-electron chi connectivity index (χ2n) is 6.42. The van der Waals surface area contributed by atoms with Gasteiger partial charge in [-0.25, -0.2) is 31.1 Å². The first-order valence-electron chi connectivity index (χ1n) is 8.39. The lowest BCUT2D eigenvalue weighted by Gasteiger charge is -2.15. The van der Waals surface area contributed by atoms with Crippen molar-refractivity contribution in [3.63, 3.8) is 0 Å². The second kappa shape index (κ2) is 6.54. The van der Waals surface area contributed by atoms with E-state index in [4.69, 9.17) is 0 Å². The molecule has 0 saturated carbocycles. The van der Waals surface area contributed by atoms with E-state index in [1.54, 1.807) is 0 Å². The second-order valence-corrected chi connectivity index (χ2v) is 8.36. The van der Waals surface area contributed by atoms with Gasteiger partial charge in [-0.3, -0.25) is 0 Å². The third-order valence-electron chi connectivity index (χ3n) is 4.51. The highest BCUT2D eigenvalue weighted by atomic mass is 32.2. The van der Waals surface area contributed by atoms with Crippen molar-refractivity contribution in [1.82, 2.24) is 18.5 Å². The summed E-state index contributed by atoms with van der Waals surface area (Å²) in [5.41, 5.74) is -0.103. The molecule has 0 N–H and O–H groups in total. The SMILES string of the molecule is O=c1n(Cc2cc(F)cc(F)c2)nc2ccc(S(=O)(=O)N3CCCC3)cn12. The van der Waals surface area contributed by atoms with Crippen molar-refractivity contribution in [2.45, 2.75) is 24.3 Å². The topological polar surface area (TPSA) is 76.7 Å². The Morgan fingerprint density at radius 3 is 2.37 bits per heavy atom. The van der Waals surface area contributed by atoms with Crippen molar-refractivity contribution in [3.05, 3.63) is 64.2 Å². The number of pyridine rings is 1. The molecule has 0 bridgehead atoms. The van der Waals surface area contributed by atoms with E-state index in [1.807, 2.05) is 0 Å². The van der Waals surface area contributed by atoms with E-state index in [0.717, 1.165) is 40.1 Å². The molecule has 0 amide bonds. The molecule has 10 heteroatoms. The van der Waals surface area contributed by atoms with Crippen molar-refractivity contribution in [3.8, 4) is 0 Å². The minimum atomic E-state index is -3.67. The number of aromatic nitrogens is 3. The number of fused-ring (bicyclic) bond motifs is 1. The van der Waals surface area contributed by atoms with Crippen LogP contribution in [0.3, 0.4) is 0 Å². The molecular formula is C17H16F2N4O3S. The number of benzene rings is 1. The fourth-order valence-corrected chi connectivity index (χ4v) is 4.72. The number of halogens is 2. The van der Waals surface area contributed by atoms with E-state index in [0.29, 0.717) is 13.1 Å². The molecule has 0 radical (unpaired) electrons. The molecule has 27 heavy (non-hydrogen) atoms. The average molecular weight is 394 g/mol. The summed E-state index contributed by atoms with van der Waals surface area (Å²) in [6.07, 6.45) is 2.86. The monoisotopic (exact) mass is 394 g/mol. The molecule has 4 rings (SSSR count). The Balaban J connectivity index is 1.73.